The minimum absolute atomic E-state index is 0.0427. The summed E-state index contributed by atoms with van der Waals surface area (Å²) in [7, 11) is 0. The van der Waals surface area contributed by atoms with E-state index in [1.165, 1.54) is 0 Å². The fraction of sp³-hybridized carbons (Fsp3) is 0.560. The molecular formula is C25H39N5. The number of allylic oxidation sites excluding steroid dienone is 6. The SMILES string of the molecule is C\C=C/C=C\C(=C/C)c1nn(C(CC)C(C)(C)CC(C)(C)CC)c2ncnc(N)c12. The van der Waals surface area contributed by atoms with Gasteiger partial charge in [-0.25, -0.2) is 14.6 Å². The maximum Gasteiger partial charge on any atom is 0.164 e. The van der Waals surface area contributed by atoms with Crippen LogP contribution in [0.15, 0.2) is 36.7 Å². The Labute approximate surface area is 182 Å². The maximum atomic E-state index is 6.32. The lowest BCUT2D eigenvalue weighted by atomic mass is 9.69. The summed E-state index contributed by atoms with van der Waals surface area (Å²) in [6.45, 7) is 17.9. The third kappa shape index (κ3) is 5.00. The van der Waals surface area contributed by atoms with E-state index in [1.54, 1.807) is 6.33 Å². The molecule has 0 aromatic carbocycles. The summed E-state index contributed by atoms with van der Waals surface area (Å²) >= 11 is 0. The summed E-state index contributed by atoms with van der Waals surface area (Å²) in [5, 5.41) is 5.92. The zero-order valence-corrected chi connectivity index (χ0v) is 20.0. The molecule has 5 nitrogen and oxygen atoms in total. The van der Waals surface area contributed by atoms with Crippen LogP contribution in [0.3, 0.4) is 0 Å². The molecule has 0 aliphatic heterocycles. The molecule has 0 saturated heterocycles. The highest BCUT2D eigenvalue weighted by Gasteiger charge is 2.37. The van der Waals surface area contributed by atoms with Gasteiger partial charge < -0.3 is 5.73 Å². The lowest BCUT2D eigenvalue weighted by molar-refractivity contribution is 0.113. The van der Waals surface area contributed by atoms with Crippen LogP contribution in [0, 0.1) is 10.8 Å². The largest absolute Gasteiger partial charge is 0.383 e. The fourth-order valence-corrected chi connectivity index (χ4v) is 4.53. The number of fused-ring (bicyclic) bond motifs is 1. The Kier molecular flexibility index (Phi) is 7.62. The Balaban J connectivity index is 2.68. The highest BCUT2D eigenvalue weighted by molar-refractivity contribution is 5.97. The van der Waals surface area contributed by atoms with Gasteiger partial charge in [0.25, 0.3) is 0 Å². The van der Waals surface area contributed by atoms with Crippen molar-refractivity contribution in [3.05, 3.63) is 42.4 Å². The molecule has 30 heavy (non-hydrogen) atoms. The van der Waals surface area contributed by atoms with Crippen LogP contribution in [0.4, 0.5) is 5.82 Å². The minimum atomic E-state index is 0.0427. The van der Waals surface area contributed by atoms with Crippen LogP contribution in [0.5, 0.6) is 0 Å². The monoisotopic (exact) mass is 409 g/mol. The molecule has 1 unspecified atom stereocenters. The molecule has 2 rings (SSSR count). The van der Waals surface area contributed by atoms with Crippen LogP contribution in [-0.4, -0.2) is 19.7 Å². The predicted octanol–water partition coefficient (Wildman–Crippen LogP) is 6.75. The molecule has 0 aliphatic carbocycles. The van der Waals surface area contributed by atoms with Gasteiger partial charge in [0.1, 0.15) is 17.8 Å². The highest BCUT2D eigenvalue weighted by Crippen LogP contribution is 2.45. The predicted molar refractivity (Wildman–Crippen MR) is 129 cm³/mol. The van der Waals surface area contributed by atoms with E-state index in [0.29, 0.717) is 5.82 Å². The molecule has 2 N–H and O–H groups in total. The first-order valence-electron chi connectivity index (χ1n) is 11.1. The molecule has 0 amide bonds. The molecular weight excluding hydrogens is 370 g/mol. The molecule has 0 aliphatic rings. The third-order valence-electron chi connectivity index (χ3n) is 6.16. The Morgan fingerprint density at radius 2 is 1.83 bits per heavy atom. The molecule has 0 fully saturated rings. The van der Waals surface area contributed by atoms with Crippen LogP contribution in [-0.2, 0) is 0 Å². The molecule has 2 aromatic heterocycles. The maximum absolute atomic E-state index is 6.32. The van der Waals surface area contributed by atoms with Gasteiger partial charge in [0.2, 0.25) is 0 Å². The first-order chi connectivity index (χ1) is 14.1. The van der Waals surface area contributed by atoms with Gasteiger partial charge in [0.05, 0.1) is 11.4 Å². The highest BCUT2D eigenvalue weighted by atomic mass is 15.3. The van der Waals surface area contributed by atoms with Crippen LogP contribution < -0.4 is 5.73 Å². The van der Waals surface area contributed by atoms with E-state index in [-0.39, 0.29) is 16.9 Å². The van der Waals surface area contributed by atoms with Crippen molar-refractivity contribution >= 4 is 22.4 Å². The molecule has 5 heteroatoms. The first kappa shape index (κ1) is 23.8. The van der Waals surface area contributed by atoms with Crippen molar-refractivity contribution in [2.45, 2.75) is 80.7 Å². The number of aromatic nitrogens is 4. The Bertz CT molecular complexity index is 944. The van der Waals surface area contributed by atoms with E-state index in [1.807, 2.05) is 32.1 Å². The summed E-state index contributed by atoms with van der Waals surface area (Å²) in [5.74, 6) is 0.474. The van der Waals surface area contributed by atoms with Gasteiger partial charge in [-0.1, -0.05) is 78.3 Å². The topological polar surface area (TPSA) is 69.6 Å². The molecule has 0 bridgehead atoms. The second kappa shape index (κ2) is 9.59. The number of nitrogens with two attached hydrogens (primary N) is 1. The number of hydrogen-bond donors (Lipinski definition) is 1. The normalized spacial score (nSPS) is 15.0. The van der Waals surface area contributed by atoms with Gasteiger partial charge in [0, 0.05) is 0 Å². The zero-order valence-electron chi connectivity index (χ0n) is 20.0. The molecule has 164 valence electrons. The molecule has 1 atom stereocenters. The summed E-state index contributed by atoms with van der Waals surface area (Å²) in [4.78, 5) is 8.88. The lowest BCUT2D eigenvalue weighted by Gasteiger charge is -2.40. The standard InChI is InChI=1S/C25H39N5/c1-9-13-14-15-18(10-2)21-20-22(26)27-17-28-23(20)30(29-21)19(11-3)25(7,8)16-24(5,6)12-4/h9-10,13-15,17,19H,11-12,16H2,1-8H3,(H2,26,27,28)/b13-9-,15-14-,18-10+. The van der Waals surface area contributed by atoms with Crippen LogP contribution >= 0.6 is 0 Å². The van der Waals surface area contributed by atoms with E-state index in [9.17, 15) is 0 Å². The Morgan fingerprint density at radius 3 is 2.40 bits per heavy atom. The van der Waals surface area contributed by atoms with Crippen LogP contribution in [0.2, 0.25) is 0 Å². The van der Waals surface area contributed by atoms with Crippen molar-refractivity contribution in [3.63, 3.8) is 0 Å². The fourth-order valence-electron chi connectivity index (χ4n) is 4.53. The van der Waals surface area contributed by atoms with Crippen molar-refractivity contribution in [2.75, 3.05) is 5.73 Å². The van der Waals surface area contributed by atoms with Gasteiger partial charge in [0.15, 0.2) is 5.65 Å². The van der Waals surface area contributed by atoms with E-state index in [2.05, 4.69) is 68.3 Å². The molecule has 0 spiro atoms. The molecule has 0 saturated carbocycles. The van der Waals surface area contributed by atoms with Gasteiger partial charge in [-0.15, -0.1) is 0 Å². The van der Waals surface area contributed by atoms with E-state index in [0.717, 1.165) is 41.6 Å². The van der Waals surface area contributed by atoms with Crippen molar-refractivity contribution in [2.24, 2.45) is 10.8 Å². The van der Waals surface area contributed by atoms with Crippen molar-refractivity contribution in [1.82, 2.24) is 19.7 Å². The Hall–Kier alpha value is -2.43. The lowest BCUT2D eigenvalue weighted by Crippen LogP contribution is -2.32. The second-order valence-electron chi connectivity index (χ2n) is 9.49. The average molecular weight is 410 g/mol. The first-order valence-corrected chi connectivity index (χ1v) is 11.1. The zero-order chi connectivity index (χ0) is 22.5. The smallest absolute Gasteiger partial charge is 0.164 e. The third-order valence-corrected chi connectivity index (χ3v) is 6.16. The van der Waals surface area contributed by atoms with Crippen LogP contribution in [0.1, 0.15) is 86.4 Å². The van der Waals surface area contributed by atoms with Crippen molar-refractivity contribution in [3.8, 4) is 0 Å². The number of nitrogen functional groups attached to an aromatic ring is 1. The Morgan fingerprint density at radius 1 is 1.13 bits per heavy atom. The number of rotatable bonds is 9. The summed E-state index contributed by atoms with van der Waals surface area (Å²) < 4.78 is 2.10. The van der Waals surface area contributed by atoms with Gasteiger partial charge in [-0.2, -0.15) is 5.10 Å². The van der Waals surface area contributed by atoms with Crippen molar-refractivity contribution < 1.29 is 0 Å². The quantitative estimate of drug-likeness (QED) is 0.465. The van der Waals surface area contributed by atoms with E-state index in [4.69, 9.17) is 10.8 Å². The number of nitrogens with zero attached hydrogens (tertiary/aromatic N) is 4. The summed E-state index contributed by atoms with van der Waals surface area (Å²) in [6.07, 6.45) is 14.9. The molecule has 0 radical (unpaired) electrons. The van der Waals surface area contributed by atoms with E-state index >= 15 is 0 Å². The van der Waals surface area contributed by atoms with Crippen LogP contribution in [0.25, 0.3) is 16.6 Å². The second-order valence-corrected chi connectivity index (χ2v) is 9.49. The van der Waals surface area contributed by atoms with Crippen molar-refractivity contribution in [1.29, 1.82) is 0 Å². The van der Waals surface area contributed by atoms with E-state index < -0.39 is 0 Å². The minimum Gasteiger partial charge on any atom is -0.383 e. The summed E-state index contributed by atoms with van der Waals surface area (Å²) in [5.41, 5.74) is 9.30. The van der Waals surface area contributed by atoms with Gasteiger partial charge in [-0.3, -0.25) is 0 Å². The number of hydrogen-bond acceptors (Lipinski definition) is 4. The molecule has 2 heterocycles. The molecule has 2 aromatic rings. The average Bonchev–Trinajstić information content (AvgIpc) is 3.05. The van der Waals surface area contributed by atoms with Gasteiger partial charge in [-0.05, 0) is 43.1 Å². The summed E-state index contributed by atoms with van der Waals surface area (Å²) in [6, 6.07) is 0.200. The van der Waals surface area contributed by atoms with Gasteiger partial charge >= 0.3 is 0 Å². The number of anilines is 1.